The topological polar surface area (TPSA) is 42.9 Å². The van der Waals surface area contributed by atoms with E-state index >= 15 is 0 Å². The van der Waals surface area contributed by atoms with E-state index in [0.29, 0.717) is 18.0 Å². The third-order valence-electron chi connectivity index (χ3n) is 3.49. The third kappa shape index (κ3) is 4.02. The normalized spacial score (nSPS) is 11.2. The van der Waals surface area contributed by atoms with Crippen LogP contribution in [0.1, 0.15) is 11.1 Å². The van der Waals surface area contributed by atoms with Crippen molar-refractivity contribution in [1.82, 2.24) is 9.97 Å². The number of halogens is 1. The minimum Gasteiger partial charge on any atom is -0.294 e. The highest BCUT2D eigenvalue weighted by Crippen LogP contribution is 2.21. The average molecular weight is 323 g/mol. The van der Waals surface area contributed by atoms with Crippen molar-refractivity contribution in [2.75, 3.05) is 0 Å². The van der Waals surface area contributed by atoms with Gasteiger partial charge in [-0.2, -0.15) is 0 Å². The Kier molecular flexibility index (Phi) is 4.79. The molecule has 3 aromatic rings. The summed E-state index contributed by atoms with van der Waals surface area (Å²) >= 11 is 6.21. The molecule has 0 aliphatic heterocycles. The van der Waals surface area contributed by atoms with E-state index < -0.39 is 0 Å². The molecule has 0 saturated heterocycles. The largest absolute Gasteiger partial charge is 0.294 e. The second-order valence-corrected chi connectivity index (χ2v) is 5.60. The Morgan fingerprint density at radius 2 is 2.04 bits per heavy atom. The van der Waals surface area contributed by atoms with Crippen molar-refractivity contribution in [3.63, 3.8) is 0 Å². The van der Waals surface area contributed by atoms with E-state index in [1.165, 1.54) is 0 Å². The Labute approximate surface area is 139 Å². The lowest BCUT2D eigenvalue weighted by molar-refractivity contribution is -0.114. The maximum Gasteiger partial charge on any atom is 0.159 e. The van der Waals surface area contributed by atoms with Crippen LogP contribution in [0.5, 0.6) is 0 Å². The lowest BCUT2D eigenvalue weighted by atomic mass is 10.1. The molecule has 0 spiro atoms. The second kappa shape index (κ2) is 7.16. The molecule has 0 aliphatic rings. The molecule has 3 nitrogen and oxygen atoms in total. The molecule has 23 heavy (non-hydrogen) atoms. The molecule has 0 N–H and O–H groups in total. The van der Waals surface area contributed by atoms with Crippen LogP contribution in [0.4, 0.5) is 0 Å². The number of fused-ring (bicyclic) bond motifs is 1. The van der Waals surface area contributed by atoms with Gasteiger partial charge in [-0.15, -0.1) is 0 Å². The van der Waals surface area contributed by atoms with Gasteiger partial charge >= 0.3 is 0 Å². The van der Waals surface area contributed by atoms with E-state index in [-0.39, 0.29) is 5.78 Å². The van der Waals surface area contributed by atoms with Crippen molar-refractivity contribution in [3.8, 4) is 0 Å². The molecule has 3 rings (SSSR count). The van der Waals surface area contributed by atoms with E-state index in [1.807, 2.05) is 48.5 Å². The fourth-order valence-corrected chi connectivity index (χ4v) is 2.58. The van der Waals surface area contributed by atoms with E-state index in [9.17, 15) is 4.79 Å². The Balaban J connectivity index is 1.68. The smallest absolute Gasteiger partial charge is 0.159 e. The zero-order chi connectivity index (χ0) is 16.1. The standard InChI is InChI=1S/C19H15ClN2O/c20-19-16(12-15-6-1-2-9-18(15)22-19)7-3-8-17(23)11-14-5-4-10-21-13-14/h1-6,8-10,12-13H,7,11H2/b8-3+. The summed E-state index contributed by atoms with van der Waals surface area (Å²) < 4.78 is 0. The molecule has 0 radical (unpaired) electrons. The summed E-state index contributed by atoms with van der Waals surface area (Å²) in [5.74, 6) is 0.0443. The highest BCUT2D eigenvalue weighted by Gasteiger charge is 2.04. The van der Waals surface area contributed by atoms with Gasteiger partial charge in [-0.25, -0.2) is 4.98 Å². The van der Waals surface area contributed by atoms with Crippen LogP contribution in [0.2, 0.25) is 5.15 Å². The first-order valence-corrected chi connectivity index (χ1v) is 7.72. The van der Waals surface area contributed by atoms with E-state index in [0.717, 1.165) is 22.0 Å². The lowest BCUT2D eigenvalue weighted by Gasteiger charge is -2.03. The number of rotatable bonds is 5. The number of carbonyl (C=O) groups excluding carboxylic acids is 1. The van der Waals surface area contributed by atoms with Gasteiger partial charge < -0.3 is 0 Å². The zero-order valence-electron chi connectivity index (χ0n) is 12.4. The van der Waals surface area contributed by atoms with Gasteiger partial charge in [-0.1, -0.05) is 41.9 Å². The maximum absolute atomic E-state index is 11.9. The predicted molar refractivity (Wildman–Crippen MR) is 92.5 cm³/mol. The molecule has 0 unspecified atom stereocenters. The van der Waals surface area contributed by atoms with Crippen LogP contribution in [0.25, 0.3) is 10.9 Å². The first kappa shape index (κ1) is 15.4. The summed E-state index contributed by atoms with van der Waals surface area (Å²) in [6, 6.07) is 13.6. The lowest BCUT2D eigenvalue weighted by Crippen LogP contribution is -1.99. The van der Waals surface area contributed by atoms with Crippen LogP contribution in [0.3, 0.4) is 0 Å². The van der Waals surface area contributed by atoms with Gasteiger partial charge in [0, 0.05) is 24.2 Å². The van der Waals surface area contributed by atoms with Gasteiger partial charge in [0.1, 0.15) is 5.15 Å². The predicted octanol–water partition coefficient (Wildman–Crippen LogP) is 4.19. The van der Waals surface area contributed by atoms with E-state index in [4.69, 9.17) is 11.6 Å². The molecule has 0 aliphatic carbocycles. The molecular formula is C19H15ClN2O. The number of carbonyl (C=O) groups is 1. The molecule has 2 heterocycles. The summed E-state index contributed by atoms with van der Waals surface area (Å²) in [5, 5.41) is 1.52. The van der Waals surface area contributed by atoms with Crippen molar-refractivity contribution >= 4 is 28.3 Å². The molecule has 2 aromatic heterocycles. The highest BCUT2D eigenvalue weighted by molar-refractivity contribution is 6.30. The molecule has 0 fully saturated rings. The third-order valence-corrected chi connectivity index (χ3v) is 3.82. The average Bonchev–Trinajstić information content (AvgIpc) is 2.56. The number of pyridine rings is 2. The van der Waals surface area contributed by atoms with Gasteiger partial charge in [0.25, 0.3) is 0 Å². The first-order valence-electron chi connectivity index (χ1n) is 7.35. The van der Waals surface area contributed by atoms with Crippen LogP contribution in [-0.4, -0.2) is 15.8 Å². The Hall–Kier alpha value is -2.52. The van der Waals surface area contributed by atoms with Gasteiger partial charge in [-0.3, -0.25) is 9.78 Å². The van der Waals surface area contributed by atoms with Gasteiger partial charge in [0.2, 0.25) is 0 Å². The molecule has 0 atom stereocenters. The number of aromatic nitrogens is 2. The number of nitrogens with zero attached hydrogens (tertiary/aromatic N) is 2. The Morgan fingerprint density at radius 3 is 2.87 bits per heavy atom. The second-order valence-electron chi connectivity index (χ2n) is 5.24. The van der Waals surface area contributed by atoms with Gasteiger partial charge in [-0.05, 0) is 41.8 Å². The number of benzene rings is 1. The number of ketones is 1. The van der Waals surface area contributed by atoms with Crippen molar-refractivity contribution in [1.29, 1.82) is 0 Å². The minimum atomic E-state index is 0.0443. The summed E-state index contributed by atoms with van der Waals surface area (Å²) in [5.41, 5.74) is 2.70. The molecule has 4 heteroatoms. The van der Waals surface area contributed by atoms with E-state index in [2.05, 4.69) is 9.97 Å². The SMILES string of the molecule is O=C(/C=C/Cc1cc2ccccc2nc1Cl)Cc1cccnc1. The monoisotopic (exact) mass is 322 g/mol. The fraction of sp³-hybridized carbons (Fsp3) is 0.105. The van der Waals surface area contributed by atoms with Crippen molar-refractivity contribution in [2.45, 2.75) is 12.8 Å². The molecular weight excluding hydrogens is 308 g/mol. The van der Waals surface area contributed by atoms with Crippen molar-refractivity contribution < 1.29 is 4.79 Å². The minimum absolute atomic E-state index is 0.0443. The number of para-hydroxylation sites is 1. The number of hydrogen-bond donors (Lipinski definition) is 0. The number of allylic oxidation sites excluding steroid dienone is 2. The number of hydrogen-bond acceptors (Lipinski definition) is 3. The quantitative estimate of drug-likeness (QED) is 0.522. The van der Waals surface area contributed by atoms with Gasteiger partial charge in [0.05, 0.1) is 5.52 Å². The Bertz CT molecular complexity index is 860. The van der Waals surface area contributed by atoms with Crippen LogP contribution in [-0.2, 0) is 17.6 Å². The first-order chi connectivity index (χ1) is 11.2. The molecule has 0 saturated carbocycles. The Morgan fingerprint density at radius 1 is 1.17 bits per heavy atom. The fourth-order valence-electron chi connectivity index (χ4n) is 2.36. The van der Waals surface area contributed by atoms with E-state index in [1.54, 1.807) is 18.5 Å². The summed E-state index contributed by atoms with van der Waals surface area (Å²) in [4.78, 5) is 20.3. The highest BCUT2D eigenvalue weighted by atomic mass is 35.5. The van der Waals surface area contributed by atoms with Crippen molar-refractivity contribution in [2.24, 2.45) is 0 Å². The molecule has 0 amide bonds. The van der Waals surface area contributed by atoms with Crippen LogP contribution in [0.15, 0.2) is 67.0 Å². The van der Waals surface area contributed by atoms with Crippen LogP contribution < -0.4 is 0 Å². The van der Waals surface area contributed by atoms with Gasteiger partial charge in [0.15, 0.2) is 5.78 Å². The summed E-state index contributed by atoms with van der Waals surface area (Å²) in [6.07, 6.45) is 7.76. The van der Waals surface area contributed by atoms with Crippen LogP contribution in [0, 0.1) is 0 Å². The maximum atomic E-state index is 11.9. The zero-order valence-corrected chi connectivity index (χ0v) is 13.2. The van der Waals surface area contributed by atoms with Crippen LogP contribution >= 0.6 is 11.6 Å². The molecule has 114 valence electrons. The van der Waals surface area contributed by atoms with Crippen molar-refractivity contribution in [3.05, 3.63) is 83.3 Å². The molecule has 1 aromatic carbocycles. The summed E-state index contributed by atoms with van der Waals surface area (Å²) in [6.45, 7) is 0. The molecule has 0 bridgehead atoms. The summed E-state index contributed by atoms with van der Waals surface area (Å²) in [7, 11) is 0.